The van der Waals surface area contributed by atoms with Gasteiger partial charge in [-0.15, -0.1) is 4.91 Å². The van der Waals surface area contributed by atoms with Gasteiger partial charge in [0.25, 0.3) is 0 Å². The Balaban J connectivity index is 2.33. The van der Waals surface area contributed by atoms with Gasteiger partial charge in [0.1, 0.15) is 5.69 Å². The molecule has 1 aromatic carbocycles. The molecular weight excluding hydrogens is 341 g/mol. The van der Waals surface area contributed by atoms with Crippen LogP contribution in [0.5, 0.6) is 0 Å². The molecule has 2 rings (SSSR count). The summed E-state index contributed by atoms with van der Waals surface area (Å²) in [6.07, 6.45) is 0. The zero-order chi connectivity index (χ0) is 11.5. The van der Waals surface area contributed by atoms with E-state index in [0.29, 0.717) is 22.3 Å². The minimum atomic E-state index is -0.0524. The first-order chi connectivity index (χ1) is 7.69. The quantitative estimate of drug-likeness (QED) is 0.660. The second-order valence-electron chi connectivity index (χ2n) is 2.98. The number of aliphatic imine (C=N–C) groups is 1. The van der Waals surface area contributed by atoms with Gasteiger partial charge in [0.15, 0.2) is 5.17 Å². The van der Waals surface area contributed by atoms with Crippen molar-refractivity contribution in [2.45, 2.75) is 0 Å². The lowest BCUT2D eigenvalue weighted by atomic mass is 10.3. The van der Waals surface area contributed by atoms with Crippen molar-refractivity contribution >= 4 is 56.8 Å². The van der Waals surface area contributed by atoms with Crippen molar-refractivity contribution in [3.8, 4) is 0 Å². The Morgan fingerprint density at radius 1 is 1.44 bits per heavy atom. The van der Waals surface area contributed by atoms with Crippen LogP contribution in [0.4, 0.5) is 11.4 Å². The smallest absolute Gasteiger partial charge is 0.236 e. The van der Waals surface area contributed by atoms with E-state index >= 15 is 0 Å². The highest BCUT2D eigenvalue weighted by molar-refractivity contribution is 14.1. The van der Waals surface area contributed by atoms with Gasteiger partial charge in [-0.3, -0.25) is 4.79 Å². The van der Waals surface area contributed by atoms with E-state index in [0.717, 1.165) is 3.57 Å². The fourth-order valence-corrected chi connectivity index (χ4v) is 2.28. The summed E-state index contributed by atoms with van der Waals surface area (Å²) in [5, 5.41) is 6.04. The normalized spacial score (nSPS) is 17.6. The van der Waals surface area contributed by atoms with Crippen LogP contribution in [-0.4, -0.2) is 16.8 Å². The third-order valence-electron chi connectivity index (χ3n) is 1.84. The highest BCUT2D eigenvalue weighted by Crippen LogP contribution is 2.28. The molecule has 16 heavy (non-hydrogen) atoms. The molecule has 1 aromatic rings. The van der Waals surface area contributed by atoms with Crippen LogP contribution < -0.4 is 5.32 Å². The molecule has 1 amide bonds. The molecule has 82 valence electrons. The molecule has 5 nitrogen and oxygen atoms in total. The Labute approximate surface area is 109 Å². The number of hydrogen-bond donors (Lipinski definition) is 1. The van der Waals surface area contributed by atoms with Crippen molar-refractivity contribution in [2.75, 3.05) is 5.75 Å². The number of nitrogens with zero attached hydrogens (tertiary/aromatic N) is 2. The van der Waals surface area contributed by atoms with Crippen LogP contribution in [0.3, 0.4) is 0 Å². The van der Waals surface area contributed by atoms with Crippen LogP contribution in [0.2, 0.25) is 0 Å². The fourth-order valence-electron chi connectivity index (χ4n) is 1.14. The maximum atomic E-state index is 11.0. The second kappa shape index (κ2) is 4.91. The predicted octanol–water partition coefficient (Wildman–Crippen LogP) is 2.54. The monoisotopic (exact) mass is 347 g/mol. The summed E-state index contributed by atoms with van der Waals surface area (Å²) in [5.41, 5.74) is 0.969. The maximum Gasteiger partial charge on any atom is 0.236 e. The summed E-state index contributed by atoms with van der Waals surface area (Å²) in [4.78, 5) is 25.6. The molecule has 1 N–H and O–H groups in total. The standard InChI is InChI=1S/C9H6IN3O2S/c10-6-2-1-5(13-15)3-7(6)11-9-12-8(14)4-16-9/h1-3H,4H2,(H,11,12,14). The molecule has 0 spiro atoms. The molecule has 0 atom stereocenters. The first-order valence-electron chi connectivity index (χ1n) is 4.33. The highest BCUT2D eigenvalue weighted by Gasteiger charge is 2.16. The second-order valence-corrected chi connectivity index (χ2v) is 5.11. The molecular formula is C9H6IN3O2S. The van der Waals surface area contributed by atoms with E-state index in [1.807, 2.05) is 0 Å². The number of rotatable bonds is 2. The SMILES string of the molecule is O=Nc1ccc(I)c(/N=C2/NC(=O)CS2)c1. The molecule has 0 unspecified atom stereocenters. The summed E-state index contributed by atoms with van der Waals surface area (Å²) in [6.45, 7) is 0. The molecule has 7 heteroatoms. The Bertz CT molecular complexity index is 490. The van der Waals surface area contributed by atoms with Crippen LogP contribution >= 0.6 is 34.4 Å². The lowest BCUT2D eigenvalue weighted by Gasteiger charge is -2.00. The van der Waals surface area contributed by atoms with Crippen LogP contribution in [-0.2, 0) is 4.79 Å². The van der Waals surface area contributed by atoms with Gasteiger partial charge >= 0.3 is 0 Å². The number of amides is 1. The molecule has 0 saturated carbocycles. The fraction of sp³-hybridized carbons (Fsp3) is 0.111. The summed E-state index contributed by atoms with van der Waals surface area (Å²) < 4.78 is 0.902. The van der Waals surface area contributed by atoms with E-state index in [1.165, 1.54) is 11.8 Å². The van der Waals surface area contributed by atoms with Crippen molar-refractivity contribution in [1.29, 1.82) is 0 Å². The van der Waals surface area contributed by atoms with Gasteiger partial charge in [0.2, 0.25) is 5.91 Å². The number of carbonyl (C=O) groups is 1. The largest absolute Gasteiger partial charge is 0.304 e. The van der Waals surface area contributed by atoms with Crippen molar-refractivity contribution in [3.05, 3.63) is 26.7 Å². The predicted molar refractivity (Wildman–Crippen MR) is 72.3 cm³/mol. The number of benzene rings is 1. The van der Waals surface area contributed by atoms with Gasteiger partial charge in [-0.05, 0) is 46.0 Å². The average molecular weight is 347 g/mol. The first kappa shape index (κ1) is 11.5. The minimum absolute atomic E-state index is 0.0524. The molecule has 1 aliphatic rings. The molecule has 1 saturated heterocycles. The van der Waals surface area contributed by atoms with Crippen molar-refractivity contribution < 1.29 is 4.79 Å². The maximum absolute atomic E-state index is 11.0. The van der Waals surface area contributed by atoms with Gasteiger partial charge < -0.3 is 5.32 Å². The van der Waals surface area contributed by atoms with Gasteiger partial charge in [-0.1, -0.05) is 11.8 Å². The van der Waals surface area contributed by atoms with E-state index in [2.05, 4.69) is 38.1 Å². The Morgan fingerprint density at radius 3 is 2.88 bits per heavy atom. The van der Waals surface area contributed by atoms with Gasteiger partial charge in [0.05, 0.1) is 11.4 Å². The zero-order valence-corrected chi connectivity index (χ0v) is 10.9. The summed E-state index contributed by atoms with van der Waals surface area (Å²) in [7, 11) is 0. The lowest BCUT2D eigenvalue weighted by Crippen LogP contribution is -2.19. The van der Waals surface area contributed by atoms with E-state index in [1.54, 1.807) is 18.2 Å². The summed E-state index contributed by atoms with van der Waals surface area (Å²) >= 11 is 3.46. The third-order valence-corrected chi connectivity index (χ3v) is 3.63. The number of hydrogen-bond acceptors (Lipinski definition) is 5. The van der Waals surface area contributed by atoms with Crippen molar-refractivity contribution in [3.63, 3.8) is 0 Å². The number of amidine groups is 1. The van der Waals surface area contributed by atoms with Gasteiger partial charge in [0, 0.05) is 3.57 Å². The lowest BCUT2D eigenvalue weighted by molar-refractivity contribution is -0.116. The highest BCUT2D eigenvalue weighted by atomic mass is 127. The Kier molecular flexibility index (Phi) is 3.54. The van der Waals surface area contributed by atoms with Crippen LogP contribution in [0.25, 0.3) is 0 Å². The Morgan fingerprint density at radius 2 is 2.25 bits per heavy atom. The molecule has 1 aliphatic heterocycles. The molecule has 0 bridgehead atoms. The van der Waals surface area contributed by atoms with Gasteiger partial charge in [-0.2, -0.15) is 0 Å². The van der Waals surface area contributed by atoms with Gasteiger partial charge in [-0.25, -0.2) is 4.99 Å². The van der Waals surface area contributed by atoms with Crippen molar-refractivity contribution in [2.24, 2.45) is 10.2 Å². The first-order valence-corrected chi connectivity index (χ1v) is 6.40. The average Bonchev–Trinajstić information content (AvgIpc) is 2.67. The minimum Gasteiger partial charge on any atom is -0.304 e. The summed E-state index contributed by atoms with van der Waals surface area (Å²) in [5.74, 6) is 0.338. The van der Waals surface area contributed by atoms with E-state index in [9.17, 15) is 9.70 Å². The third kappa shape index (κ3) is 2.59. The molecule has 1 fully saturated rings. The van der Waals surface area contributed by atoms with Crippen LogP contribution in [0.1, 0.15) is 0 Å². The molecule has 0 aromatic heterocycles. The summed E-state index contributed by atoms with van der Waals surface area (Å²) in [6, 6.07) is 4.98. The Hall–Kier alpha value is -0.960. The molecule has 0 aliphatic carbocycles. The number of nitrogens with one attached hydrogen (secondary N) is 1. The molecule has 1 heterocycles. The number of nitroso groups, excluding NO2 is 1. The van der Waals surface area contributed by atoms with Crippen molar-refractivity contribution in [1.82, 2.24) is 5.32 Å². The van der Waals surface area contributed by atoms with E-state index in [-0.39, 0.29) is 5.91 Å². The van der Waals surface area contributed by atoms with Crippen LogP contribution in [0.15, 0.2) is 28.4 Å². The number of carbonyl (C=O) groups excluding carboxylic acids is 1. The van der Waals surface area contributed by atoms with E-state index in [4.69, 9.17) is 0 Å². The number of halogens is 1. The van der Waals surface area contributed by atoms with E-state index < -0.39 is 0 Å². The molecule has 0 radical (unpaired) electrons. The topological polar surface area (TPSA) is 70.9 Å². The zero-order valence-electron chi connectivity index (χ0n) is 7.94. The van der Waals surface area contributed by atoms with Crippen LogP contribution in [0, 0.1) is 8.48 Å². The number of thioether (sulfide) groups is 1.